The van der Waals surface area contributed by atoms with Gasteiger partial charge in [0.25, 0.3) is 0 Å². The van der Waals surface area contributed by atoms with Crippen LogP contribution >= 0.6 is 0 Å². The third-order valence-electron chi connectivity index (χ3n) is 2.88. The van der Waals surface area contributed by atoms with Gasteiger partial charge in [0.05, 0.1) is 17.6 Å². The first-order valence-electron chi connectivity index (χ1n) is 5.22. The summed E-state index contributed by atoms with van der Waals surface area (Å²) < 4.78 is 0. The van der Waals surface area contributed by atoms with Crippen LogP contribution in [0.4, 0.5) is 0 Å². The van der Waals surface area contributed by atoms with Crippen LogP contribution in [0.3, 0.4) is 0 Å². The molecule has 0 aliphatic heterocycles. The maximum atomic E-state index is 10.1. The number of hydrogen-bond donors (Lipinski definition) is 1. The predicted octanol–water partition coefficient (Wildman–Crippen LogP) is 2.48. The molecule has 0 aromatic heterocycles. The highest BCUT2D eigenvalue weighted by atomic mass is 16.3. The molecule has 1 N–H and O–H groups in total. The van der Waals surface area contributed by atoms with Crippen LogP contribution in [0.15, 0.2) is 0 Å². The van der Waals surface area contributed by atoms with Crippen molar-refractivity contribution in [1.82, 2.24) is 0 Å². The van der Waals surface area contributed by atoms with Gasteiger partial charge in [-0.25, -0.2) is 0 Å². The molecule has 2 nitrogen and oxygen atoms in total. The van der Waals surface area contributed by atoms with E-state index < -0.39 is 5.60 Å². The molecule has 0 heterocycles. The lowest BCUT2D eigenvalue weighted by molar-refractivity contribution is 0.00415. The van der Waals surface area contributed by atoms with Crippen molar-refractivity contribution in [3.8, 4) is 6.07 Å². The number of aliphatic hydroxyl groups is 1. The van der Waals surface area contributed by atoms with E-state index in [4.69, 9.17) is 5.26 Å². The Kier molecular flexibility index (Phi) is 3.33. The summed E-state index contributed by atoms with van der Waals surface area (Å²) >= 11 is 0. The van der Waals surface area contributed by atoms with E-state index in [1.807, 2.05) is 6.92 Å². The summed E-state index contributed by atoms with van der Waals surface area (Å²) in [7, 11) is 0. The minimum atomic E-state index is -0.758. The van der Waals surface area contributed by atoms with Gasteiger partial charge in [-0.2, -0.15) is 5.26 Å². The molecule has 0 amide bonds. The van der Waals surface area contributed by atoms with Crippen LogP contribution < -0.4 is 0 Å². The molecule has 0 saturated heterocycles. The quantitative estimate of drug-likeness (QED) is 0.708. The first-order chi connectivity index (χ1) is 6.10. The molecule has 0 bridgehead atoms. The zero-order valence-corrected chi connectivity index (χ0v) is 8.58. The van der Waals surface area contributed by atoms with Crippen LogP contribution in [-0.2, 0) is 0 Å². The molecule has 13 heavy (non-hydrogen) atoms. The van der Waals surface area contributed by atoms with Crippen molar-refractivity contribution < 1.29 is 5.11 Å². The lowest BCUT2D eigenvalue weighted by atomic mass is 9.83. The summed E-state index contributed by atoms with van der Waals surface area (Å²) in [5.41, 5.74) is -0.758. The summed E-state index contributed by atoms with van der Waals surface area (Å²) in [5, 5.41) is 19.0. The van der Waals surface area contributed by atoms with Crippen LogP contribution in [0.1, 0.15) is 46.0 Å². The van der Waals surface area contributed by atoms with Crippen molar-refractivity contribution in [3.05, 3.63) is 0 Å². The Labute approximate surface area is 80.6 Å². The fraction of sp³-hybridized carbons (Fsp3) is 0.909. The molecule has 74 valence electrons. The van der Waals surface area contributed by atoms with Crippen molar-refractivity contribution in [2.24, 2.45) is 11.8 Å². The third-order valence-corrected chi connectivity index (χ3v) is 2.88. The van der Waals surface area contributed by atoms with Gasteiger partial charge < -0.3 is 5.11 Å². The molecule has 0 spiro atoms. The van der Waals surface area contributed by atoms with E-state index in [2.05, 4.69) is 13.0 Å². The summed E-state index contributed by atoms with van der Waals surface area (Å²) in [4.78, 5) is 0. The molecule has 0 aromatic rings. The maximum Gasteiger partial charge on any atom is 0.0779 e. The Morgan fingerprint density at radius 3 is 2.62 bits per heavy atom. The van der Waals surface area contributed by atoms with E-state index in [1.54, 1.807) is 0 Å². The van der Waals surface area contributed by atoms with Gasteiger partial charge in [-0.3, -0.25) is 0 Å². The van der Waals surface area contributed by atoms with Gasteiger partial charge in [0.15, 0.2) is 0 Å². The monoisotopic (exact) mass is 181 g/mol. The molecular formula is C11H19NO. The van der Waals surface area contributed by atoms with E-state index in [0.29, 0.717) is 5.92 Å². The number of nitriles is 1. The zero-order valence-electron chi connectivity index (χ0n) is 8.58. The lowest BCUT2D eigenvalue weighted by Gasteiger charge is -2.28. The van der Waals surface area contributed by atoms with Gasteiger partial charge in [-0.05, 0) is 25.7 Å². The van der Waals surface area contributed by atoms with E-state index in [1.165, 1.54) is 12.8 Å². The molecule has 2 unspecified atom stereocenters. The van der Waals surface area contributed by atoms with Gasteiger partial charge in [0.1, 0.15) is 0 Å². The van der Waals surface area contributed by atoms with Crippen LogP contribution in [0.25, 0.3) is 0 Å². The molecule has 1 aliphatic carbocycles. The molecule has 1 fully saturated rings. The van der Waals surface area contributed by atoms with Gasteiger partial charge >= 0.3 is 0 Å². The van der Waals surface area contributed by atoms with E-state index in [9.17, 15) is 5.11 Å². The summed E-state index contributed by atoms with van der Waals surface area (Å²) in [5.74, 6) is 0.501. The van der Waals surface area contributed by atoms with E-state index in [-0.39, 0.29) is 5.92 Å². The number of hydrogen-bond acceptors (Lipinski definition) is 2. The lowest BCUT2D eigenvalue weighted by Crippen LogP contribution is -2.34. The first-order valence-corrected chi connectivity index (χ1v) is 5.22. The molecule has 1 saturated carbocycles. The Morgan fingerprint density at radius 2 is 2.23 bits per heavy atom. The molecule has 0 radical (unpaired) electrons. The highest BCUT2D eigenvalue weighted by Gasteiger charge is 2.37. The SMILES string of the molecule is CCCC(C#N)C(C)(O)CC1CC1. The largest absolute Gasteiger partial charge is 0.389 e. The van der Waals surface area contributed by atoms with E-state index >= 15 is 0 Å². The molecule has 2 atom stereocenters. The van der Waals surface area contributed by atoms with Crippen molar-refractivity contribution in [3.63, 3.8) is 0 Å². The Bertz CT molecular complexity index is 201. The topological polar surface area (TPSA) is 44.0 Å². The highest BCUT2D eigenvalue weighted by Crippen LogP contribution is 2.39. The van der Waals surface area contributed by atoms with Gasteiger partial charge in [0, 0.05) is 0 Å². The van der Waals surface area contributed by atoms with Crippen LogP contribution in [0.5, 0.6) is 0 Å². The minimum Gasteiger partial charge on any atom is -0.389 e. The van der Waals surface area contributed by atoms with Crippen LogP contribution in [0.2, 0.25) is 0 Å². The predicted molar refractivity (Wildman–Crippen MR) is 52.0 cm³/mol. The van der Waals surface area contributed by atoms with Crippen molar-refractivity contribution >= 4 is 0 Å². The second kappa shape index (κ2) is 4.11. The standard InChI is InChI=1S/C11H19NO/c1-3-4-10(8-12)11(2,13)7-9-5-6-9/h9-10,13H,3-7H2,1-2H3. The van der Waals surface area contributed by atoms with Gasteiger partial charge in [-0.15, -0.1) is 0 Å². The van der Waals surface area contributed by atoms with Crippen molar-refractivity contribution in [2.75, 3.05) is 0 Å². The zero-order chi connectivity index (χ0) is 9.90. The second-order valence-corrected chi connectivity index (χ2v) is 4.48. The maximum absolute atomic E-state index is 10.1. The molecule has 2 heteroatoms. The second-order valence-electron chi connectivity index (χ2n) is 4.48. The summed E-state index contributed by atoms with van der Waals surface area (Å²) in [6, 6.07) is 2.23. The average molecular weight is 181 g/mol. The molecular weight excluding hydrogens is 162 g/mol. The Balaban J connectivity index is 2.47. The fourth-order valence-corrected chi connectivity index (χ4v) is 1.85. The molecule has 0 aromatic carbocycles. The van der Waals surface area contributed by atoms with Crippen LogP contribution in [-0.4, -0.2) is 10.7 Å². The summed E-state index contributed by atoms with van der Waals surface area (Å²) in [6.45, 7) is 3.87. The fourth-order valence-electron chi connectivity index (χ4n) is 1.85. The smallest absolute Gasteiger partial charge is 0.0779 e. The first kappa shape index (κ1) is 10.5. The van der Waals surface area contributed by atoms with Gasteiger partial charge in [-0.1, -0.05) is 26.2 Å². The number of rotatable bonds is 5. The normalized spacial score (nSPS) is 23.2. The van der Waals surface area contributed by atoms with Crippen molar-refractivity contribution in [1.29, 1.82) is 5.26 Å². The molecule has 1 aliphatic rings. The molecule has 1 rings (SSSR count). The minimum absolute atomic E-state index is 0.182. The third kappa shape index (κ3) is 3.00. The Hall–Kier alpha value is -0.550. The van der Waals surface area contributed by atoms with E-state index in [0.717, 1.165) is 19.3 Å². The van der Waals surface area contributed by atoms with Gasteiger partial charge in [0.2, 0.25) is 0 Å². The van der Waals surface area contributed by atoms with Crippen molar-refractivity contribution in [2.45, 2.75) is 51.6 Å². The average Bonchev–Trinajstić information content (AvgIpc) is 2.82. The number of nitrogens with zero attached hydrogens (tertiary/aromatic N) is 1. The Morgan fingerprint density at radius 1 is 1.62 bits per heavy atom. The highest BCUT2D eigenvalue weighted by molar-refractivity contribution is 4.98. The van der Waals surface area contributed by atoms with Crippen LogP contribution in [0, 0.1) is 23.2 Å². The summed E-state index contributed by atoms with van der Waals surface area (Å²) in [6.07, 6.45) is 5.07.